The van der Waals surface area contributed by atoms with Crippen LogP contribution in [0.15, 0.2) is 18.2 Å². The van der Waals surface area contributed by atoms with Crippen molar-refractivity contribution in [3.05, 3.63) is 23.8 Å². The van der Waals surface area contributed by atoms with E-state index in [1.54, 1.807) is 18.2 Å². The molecule has 0 fully saturated rings. The average molecular weight is 226 g/mol. The molecule has 1 aromatic rings. The Morgan fingerprint density at radius 2 is 2.06 bits per heavy atom. The number of carboxylic acids is 1. The molecule has 0 aliphatic rings. The van der Waals surface area contributed by atoms with Gasteiger partial charge < -0.3 is 19.7 Å². The van der Waals surface area contributed by atoms with Crippen LogP contribution >= 0.6 is 0 Å². The van der Waals surface area contributed by atoms with E-state index in [2.05, 4.69) is 0 Å². The molecular weight excluding hydrogens is 212 g/mol. The van der Waals surface area contributed by atoms with Crippen LogP contribution in [0.2, 0.25) is 0 Å². The van der Waals surface area contributed by atoms with E-state index in [1.807, 2.05) is 0 Å². The zero-order valence-electron chi connectivity index (χ0n) is 9.14. The van der Waals surface area contributed by atoms with Crippen molar-refractivity contribution in [1.29, 1.82) is 0 Å². The maximum Gasteiger partial charge on any atom is 0.332 e. The van der Waals surface area contributed by atoms with Gasteiger partial charge in [-0.05, 0) is 11.6 Å². The van der Waals surface area contributed by atoms with E-state index in [4.69, 9.17) is 14.6 Å². The predicted octanol–water partition coefficient (Wildman–Crippen LogP) is 0.692. The second kappa shape index (κ2) is 5.37. The standard InChI is InChI=1S/C11H14O5/c1-15-8-4-3-7(10(6-8)16-2)5-9(12)11(13)14/h3-4,6,9,12H,5H2,1-2H3,(H,13,14). The Hall–Kier alpha value is -1.75. The molecule has 0 heterocycles. The average Bonchev–Trinajstić information content (AvgIpc) is 2.29. The van der Waals surface area contributed by atoms with Crippen LogP contribution in [-0.2, 0) is 11.2 Å². The lowest BCUT2D eigenvalue weighted by molar-refractivity contribution is -0.146. The molecule has 0 radical (unpaired) electrons. The second-order valence-corrected chi connectivity index (χ2v) is 3.24. The van der Waals surface area contributed by atoms with Gasteiger partial charge in [0.1, 0.15) is 11.5 Å². The molecule has 0 saturated carbocycles. The fraction of sp³-hybridized carbons (Fsp3) is 0.364. The van der Waals surface area contributed by atoms with Gasteiger partial charge in [0.25, 0.3) is 0 Å². The van der Waals surface area contributed by atoms with Crippen molar-refractivity contribution in [3.8, 4) is 11.5 Å². The van der Waals surface area contributed by atoms with E-state index in [9.17, 15) is 9.90 Å². The maximum atomic E-state index is 10.5. The number of hydrogen-bond donors (Lipinski definition) is 2. The third-order valence-corrected chi connectivity index (χ3v) is 2.19. The summed E-state index contributed by atoms with van der Waals surface area (Å²) in [4.78, 5) is 10.5. The highest BCUT2D eigenvalue weighted by Crippen LogP contribution is 2.25. The molecule has 0 aromatic heterocycles. The fourth-order valence-electron chi connectivity index (χ4n) is 1.32. The van der Waals surface area contributed by atoms with Crippen LogP contribution in [-0.4, -0.2) is 36.5 Å². The largest absolute Gasteiger partial charge is 0.497 e. The van der Waals surface area contributed by atoms with E-state index < -0.39 is 12.1 Å². The van der Waals surface area contributed by atoms with Gasteiger partial charge in [-0.1, -0.05) is 6.07 Å². The van der Waals surface area contributed by atoms with Crippen LogP contribution in [0, 0.1) is 0 Å². The number of hydrogen-bond acceptors (Lipinski definition) is 4. The summed E-state index contributed by atoms with van der Waals surface area (Å²) in [6, 6.07) is 5.00. The molecule has 1 unspecified atom stereocenters. The molecule has 2 N–H and O–H groups in total. The van der Waals surface area contributed by atoms with Gasteiger partial charge in [0.2, 0.25) is 0 Å². The molecule has 0 aliphatic heterocycles. The SMILES string of the molecule is COc1ccc(CC(O)C(=O)O)c(OC)c1. The van der Waals surface area contributed by atoms with Crippen molar-refractivity contribution in [3.63, 3.8) is 0 Å². The van der Waals surface area contributed by atoms with Crippen LogP contribution in [0.5, 0.6) is 11.5 Å². The Balaban J connectivity index is 2.91. The van der Waals surface area contributed by atoms with E-state index in [1.165, 1.54) is 14.2 Å². The summed E-state index contributed by atoms with van der Waals surface area (Å²) in [5, 5.41) is 17.8. The van der Waals surface area contributed by atoms with Crippen molar-refractivity contribution < 1.29 is 24.5 Å². The molecule has 1 atom stereocenters. The van der Waals surface area contributed by atoms with Gasteiger partial charge in [0.05, 0.1) is 14.2 Å². The summed E-state index contributed by atoms with van der Waals surface area (Å²) in [7, 11) is 3.01. The van der Waals surface area contributed by atoms with Gasteiger partial charge in [-0.15, -0.1) is 0 Å². The number of benzene rings is 1. The number of aliphatic carboxylic acids is 1. The van der Waals surface area contributed by atoms with Crippen molar-refractivity contribution >= 4 is 5.97 Å². The highest BCUT2D eigenvalue weighted by atomic mass is 16.5. The number of carbonyl (C=O) groups is 1. The zero-order chi connectivity index (χ0) is 12.1. The molecule has 0 spiro atoms. The fourth-order valence-corrected chi connectivity index (χ4v) is 1.32. The molecular formula is C11H14O5. The first-order valence-corrected chi connectivity index (χ1v) is 4.70. The van der Waals surface area contributed by atoms with Crippen LogP contribution in [0.4, 0.5) is 0 Å². The maximum absolute atomic E-state index is 10.5. The third kappa shape index (κ3) is 2.87. The summed E-state index contributed by atoms with van der Waals surface area (Å²) in [5.74, 6) is -0.136. The number of ether oxygens (including phenoxy) is 2. The summed E-state index contributed by atoms with van der Waals surface area (Å²) >= 11 is 0. The molecule has 0 bridgehead atoms. The van der Waals surface area contributed by atoms with Gasteiger partial charge in [0, 0.05) is 12.5 Å². The van der Waals surface area contributed by atoms with E-state index in [0.717, 1.165) is 0 Å². The van der Waals surface area contributed by atoms with Crippen LogP contribution in [0.3, 0.4) is 0 Å². The number of aliphatic hydroxyl groups excluding tert-OH is 1. The minimum absolute atomic E-state index is 0.00248. The minimum atomic E-state index is -1.43. The smallest absolute Gasteiger partial charge is 0.332 e. The van der Waals surface area contributed by atoms with Crippen molar-refractivity contribution in [1.82, 2.24) is 0 Å². The molecule has 0 saturated heterocycles. The van der Waals surface area contributed by atoms with Crippen molar-refractivity contribution in [2.45, 2.75) is 12.5 Å². The normalized spacial score (nSPS) is 11.9. The topological polar surface area (TPSA) is 76.0 Å². The highest BCUT2D eigenvalue weighted by Gasteiger charge is 2.16. The Bertz CT molecular complexity index is 375. The van der Waals surface area contributed by atoms with Gasteiger partial charge in [-0.25, -0.2) is 4.79 Å². The first-order chi connectivity index (χ1) is 7.58. The van der Waals surface area contributed by atoms with Crippen LogP contribution in [0.25, 0.3) is 0 Å². The number of aliphatic hydroxyl groups is 1. The monoisotopic (exact) mass is 226 g/mol. The number of carboxylic acid groups (broad SMARTS) is 1. The lowest BCUT2D eigenvalue weighted by atomic mass is 10.1. The molecule has 88 valence electrons. The molecule has 0 amide bonds. The molecule has 0 aliphatic carbocycles. The number of rotatable bonds is 5. The molecule has 1 aromatic carbocycles. The Kier molecular flexibility index (Phi) is 4.13. The summed E-state index contributed by atoms with van der Waals surface area (Å²) in [5.41, 5.74) is 0.623. The lowest BCUT2D eigenvalue weighted by Crippen LogP contribution is -2.22. The van der Waals surface area contributed by atoms with Gasteiger partial charge in [-0.2, -0.15) is 0 Å². The van der Waals surface area contributed by atoms with E-state index in [-0.39, 0.29) is 6.42 Å². The Labute approximate surface area is 93.2 Å². The Morgan fingerprint density at radius 1 is 1.38 bits per heavy atom. The van der Waals surface area contributed by atoms with E-state index >= 15 is 0 Å². The Morgan fingerprint density at radius 3 is 2.56 bits per heavy atom. The van der Waals surface area contributed by atoms with Crippen LogP contribution in [0.1, 0.15) is 5.56 Å². The molecule has 1 rings (SSSR count). The minimum Gasteiger partial charge on any atom is -0.497 e. The van der Waals surface area contributed by atoms with Gasteiger partial charge >= 0.3 is 5.97 Å². The zero-order valence-corrected chi connectivity index (χ0v) is 9.14. The first-order valence-electron chi connectivity index (χ1n) is 4.70. The predicted molar refractivity (Wildman–Crippen MR) is 56.9 cm³/mol. The quantitative estimate of drug-likeness (QED) is 0.772. The highest BCUT2D eigenvalue weighted by molar-refractivity contribution is 5.72. The summed E-state index contributed by atoms with van der Waals surface area (Å²) < 4.78 is 10.1. The lowest BCUT2D eigenvalue weighted by Gasteiger charge is -2.11. The van der Waals surface area contributed by atoms with E-state index in [0.29, 0.717) is 17.1 Å². The summed E-state index contributed by atoms with van der Waals surface area (Å²) in [6.07, 6.45) is -1.43. The van der Waals surface area contributed by atoms with Gasteiger partial charge in [0.15, 0.2) is 6.10 Å². The molecule has 5 heteroatoms. The van der Waals surface area contributed by atoms with Crippen molar-refractivity contribution in [2.24, 2.45) is 0 Å². The second-order valence-electron chi connectivity index (χ2n) is 3.24. The van der Waals surface area contributed by atoms with Crippen molar-refractivity contribution in [2.75, 3.05) is 14.2 Å². The van der Waals surface area contributed by atoms with Gasteiger partial charge in [-0.3, -0.25) is 0 Å². The molecule has 5 nitrogen and oxygen atoms in total. The first kappa shape index (κ1) is 12.3. The summed E-state index contributed by atoms with van der Waals surface area (Å²) in [6.45, 7) is 0. The number of methoxy groups -OCH3 is 2. The molecule has 16 heavy (non-hydrogen) atoms. The third-order valence-electron chi connectivity index (χ3n) is 2.19. The van der Waals surface area contributed by atoms with Crippen LogP contribution < -0.4 is 9.47 Å².